The number of aromatic nitrogens is 1. The van der Waals surface area contributed by atoms with E-state index < -0.39 is 10.0 Å². The summed E-state index contributed by atoms with van der Waals surface area (Å²) in [6.07, 6.45) is 1.39. The van der Waals surface area contributed by atoms with Crippen molar-refractivity contribution in [2.75, 3.05) is 72.6 Å². The van der Waals surface area contributed by atoms with Gasteiger partial charge in [-0.05, 0) is 5.92 Å². The van der Waals surface area contributed by atoms with Crippen LogP contribution in [0.5, 0.6) is 0 Å². The van der Waals surface area contributed by atoms with Crippen molar-refractivity contribution >= 4 is 16.0 Å². The molecular weight excluding hydrogens is 396 g/mol. The molecule has 0 aliphatic carbocycles. The number of ether oxygens (including phenoxy) is 1. The number of rotatable bonds is 7. The number of sulfonamides is 1. The Morgan fingerprint density at radius 1 is 1.24 bits per heavy atom. The molecular formula is C18H32N6O4S. The highest BCUT2D eigenvalue weighted by atomic mass is 32.2. The first-order valence-electron chi connectivity index (χ1n) is 10.1. The van der Waals surface area contributed by atoms with Gasteiger partial charge in [-0.15, -0.1) is 0 Å². The zero-order valence-corrected chi connectivity index (χ0v) is 18.1. The first kappa shape index (κ1) is 22.0. The maximum atomic E-state index is 12.6. The number of aliphatic imine (C=N–C) groups is 1. The highest BCUT2D eigenvalue weighted by Crippen LogP contribution is 2.13. The summed E-state index contributed by atoms with van der Waals surface area (Å²) in [5.41, 5.74) is 0.430. The largest absolute Gasteiger partial charge is 0.379 e. The van der Waals surface area contributed by atoms with Gasteiger partial charge in [0.1, 0.15) is 12.0 Å². The molecule has 0 saturated carbocycles. The second kappa shape index (κ2) is 10.4. The summed E-state index contributed by atoms with van der Waals surface area (Å²) < 4.78 is 36.8. The van der Waals surface area contributed by atoms with E-state index in [0.29, 0.717) is 37.8 Å². The van der Waals surface area contributed by atoms with Crippen molar-refractivity contribution in [2.45, 2.75) is 12.7 Å². The number of guanidine groups is 1. The Morgan fingerprint density at radius 3 is 2.59 bits per heavy atom. The molecule has 0 amide bonds. The standard InChI is InChI=1S/C18H32N6O4S/c1-16(14-22-8-11-27-12-9-22)13-20-18(19-2)23-4-6-24(7-5-23)29(25,26)15-17-3-10-28-21-17/h3,10,16H,4-9,11-15H2,1-2H3,(H,19,20). The van der Waals surface area contributed by atoms with E-state index in [2.05, 4.69) is 32.2 Å². The molecule has 164 valence electrons. The van der Waals surface area contributed by atoms with Gasteiger partial charge in [-0.3, -0.25) is 9.89 Å². The van der Waals surface area contributed by atoms with Gasteiger partial charge in [-0.25, -0.2) is 8.42 Å². The third-order valence-electron chi connectivity index (χ3n) is 5.25. The van der Waals surface area contributed by atoms with Gasteiger partial charge in [-0.2, -0.15) is 4.31 Å². The minimum atomic E-state index is -3.40. The number of nitrogens with zero attached hydrogens (tertiary/aromatic N) is 5. The van der Waals surface area contributed by atoms with Crippen LogP contribution < -0.4 is 5.32 Å². The summed E-state index contributed by atoms with van der Waals surface area (Å²) in [5, 5.41) is 7.15. The van der Waals surface area contributed by atoms with Crippen LogP contribution in [0.15, 0.2) is 21.8 Å². The Hall–Kier alpha value is -1.69. The summed E-state index contributed by atoms with van der Waals surface area (Å²) in [5.74, 6) is 1.18. The van der Waals surface area contributed by atoms with Crippen LogP contribution in [-0.4, -0.2) is 106 Å². The quantitative estimate of drug-likeness (QED) is 0.465. The Kier molecular flexibility index (Phi) is 7.87. The fraction of sp³-hybridized carbons (Fsp3) is 0.778. The number of hydrogen-bond acceptors (Lipinski definition) is 7. The molecule has 11 heteroatoms. The molecule has 1 atom stereocenters. The molecule has 3 heterocycles. The average molecular weight is 429 g/mol. The predicted molar refractivity (Wildman–Crippen MR) is 110 cm³/mol. The Balaban J connectivity index is 1.43. The fourth-order valence-corrected chi connectivity index (χ4v) is 5.08. The van der Waals surface area contributed by atoms with Gasteiger partial charge in [0.25, 0.3) is 0 Å². The van der Waals surface area contributed by atoms with Crippen molar-refractivity contribution in [2.24, 2.45) is 10.9 Å². The Labute approximate surface area is 172 Å². The summed E-state index contributed by atoms with van der Waals surface area (Å²) in [7, 11) is -1.63. The van der Waals surface area contributed by atoms with Gasteiger partial charge in [0.15, 0.2) is 5.96 Å². The van der Waals surface area contributed by atoms with Crippen LogP contribution in [0.3, 0.4) is 0 Å². The molecule has 1 N–H and O–H groups in total. The second-order valence-corrected chi connectivity index (χ2v) is 9.55. The van der Waals surface area contributed by atoms with Gasteiger partial charge in [0.2, 0.25) is 10.0 Å². The number of morpholine rings is 1. The molecule has 2 fully saturated rings. The van der Waals surface area contributed by atoms with Gasteiger partial charge < -0.3 is 19.5 Å². The topological polar surface area (TPSA) is 104 Å². The van der Waals surface area contributed by atoms with Crippen molar-refractivity contribution in [1.29, 1.82) is 0 Å². The van der Waals surface area contributed by atoms with E-state index in [4.69, 9.17) is 9.26 Å². The van der Waals surface area contributed by atoms with Crippen molar-refractivity contribution < 1.29 is 17.7 Å². The van der Waals surface area contributed by atoms with Crippen molar-refractivity contribution in [1.82, 2.24) is 24.6 Å². The lowest BCUT2D eigenvalue weighted by Crippen LogP contribution is -2.54. The van der Waals surface area contributed by atoms with Crippen LogP contribution in [0.2, 0.25) is 0 Å². The normalized spacial score (nSPS) is 21.3. The zero-order valence-electron chi connectivity index (χ0n) is 17.3. The van der Waals surface area contributed by atoms with E-state index in [1.165, 1.54) is 10.6 Å². The first-order valence-corrected chi connectivity index (χ1v) is 11.7. The van der Waals surface area contributed by atoms with E-state index in [0.717, 1.165) is 45.4 Å². The van der Waals surface area contributed by atoms with Crippen molar-refractivity contribution in [3.63, 3.8) is 0 Å². The van der Waals surface area contributed by atoms with Gasteiger partial charge in [0.05, 0.1) is 18.9 Å². The lowest BCUT2D eigenvalue weighted by molar-refractivity contribution is 0.0320. The van der Waals surface area contributed by atoms with Crippen LogP contribution in [0.4, 0.5) is 0 Å². The highest BCUT2D eigenvalue weighted by Gasteiger charge is 2.29. The van der Waals surface area contributed by atoms with Crippen LogP contribution in [-0.2, 0) is 20.5 Å². The van der Waals surface area contributed by atoms with Crippen molar-refractivity contribution in [3.8, 4) is 0 Å². The lowest BCUT2D eigenvalue weighted by atomic mass is 10.1. The summed E-state index contributed by atoms with van der Waals surface area (Å²) in [6, 6.07) is 1.58. The minimum Gasteiger partial charge on any atom is -0.379 e. The molecule has 1 aromatic heterocycles. The van der Waals surface area contributed by atoms with Gasteiger partial charge in [0, 0.05) is 65.5 Å². The van der Waals surface area contributed by atoms with Gasteiger partial charge >= 0.3 is 0 Å². The third-order valence-corrected chi connectivity index (χ3v) is 7.06. The molecule has 29 heavy (non-hydrogen) atoms. The monoisotopic (exact) mass is 428 g/mol. The molecule has 0 radical (unpaired) electrons. The van der Waals surface area contributed by atoms with E-state index in [1.807, 2.05) is 0 Å². The molecule has 1 unspecified atom stereocenters. The van der Waals surface area contributed by atoms with Crippen LogP contribution in [0.25, 0.3) is 0 Å². The zero-order chi connectivity index (χ0) is 20.7. The van der Waals surface area contributed by atoms with E-state index in [1.54, 1.807) is 13.1 Å². The maximum absolute atomic E-state index is 12.6. The molecule has 1 aromatic rings. The number of hydrogen-bond donors (Lipinski definition) is 1. The summed E-state index contributed by atoms with van der Waals surface area (Å²) in [6.45, 7) is 9.77. The van der Waals surface area contributed by atoms with Gasteiger partial charge in [-0.1, -0.05) is 12.1 Å². The smallest absolute Gasteiger partial charge is 0.220 e. The van der Waals surface area contributed by atoms with Crippen LogP contribution in [0, 0.1) is 5.92 Å². The molecule has 3 rings (SSSR count). The number of piperazine rings is 1. The molecule has 0 spiro atoms. The maximum Gasteiger partial charge on any atom is 0.220 e. The average Bonchev–Trinajstić information content (AvgIpc) is 3.22. The predicted octanol–water partition coefficient (Wildman–Crippen LogP) is -0.334. The van der Waals surface area contributed by atoms with Crippen LogP contribution in [0.1, 0.15) is 12.6 Å². The molecule has 2 aliphatic rings. The Bertz CT molecular complexity index is 740. The molecule has 2 saturated heterocycles. The minimum absolute atomic E-state index is 0.129. The third kappa shape index (κ3) is 6.39. The summed E-state index contributed by atoms with van der Waals surface area (Å²) >= 11 is 0. The Morgan fingerprint density at radius 2 is 1.97 bits per heavy atom. The summed E-state index contributed by atoms with van der Waals surface area (Å²) in [4.78, 5) is 8.93. The van der Waals surface area contributed by atoms with Crippen molar-refractivity contribution in [3.05, 3.63) is 18.0 Å². The number of nitrogens with one attached hydrogen (secondary N) is 1. The highest BCUT2D eigenvalue weighted by molar-refractivity contribution is 7.88. The van der Waals surface area contributed by atoms with E-state index in [-0.39, 0.29) is 5.75 Å². The SMILES string of the molecule is CN=C(NCC(C)CN1CCOCC1)N1CCN(S(=O)(=O)Cc2ccon2)CC1. The molecule has 2 aliphatic heterocycles. The first-order chi connectivity index (χ1) is 14.0. The van der Waals surface area contributed by atoms with Crippen LogP contribution >= 0.6 is 0 Å². The van der Waals surface area contributed by atoms with E-state index in [9.17, 15) is 8.42 Å². The lowest BCUT2D eigenvalue weighted by Gasteiger charge is -2.36. The molecule has 10 nitrogen and oxygen atoms in total. The fourth-order valence-electron chi connectivity index (χ4n) is 3.66. The molecule has 0 aromatic carbocycles. The second-order valence-electron chi connectivity index (χ2n) is 7.58. The molecule has 0 bridgehead atoms. The van der Waals surface area contributed by atoms with E-state index >= 15 is 0 Å².